The van der Waals surface area contributed by atoms with Crippen molar-refractivity contribution in [3.63, 3.8) is 0 Å². The Kier molecular flexibility index (Phi) is 4.98. The van der Waals surface area contributed by atoms with Gasteiger partial charge in [0, 0.05) is 10.7 Å². The van der Waals surface area contributed by atoms with E-state index in [1.807, 2.05) is 19.1 Å². The Morgan fingerprint density at radius 2 is 2.07 bits per heavy atom. The van der Waals surface area contributed by atoms with Crippen LogP contribution in [0.4, 0.5) is 5.69 Å². The van der Waals surface area contributed by atoms with Crippen LogP contribution >= 0.6 is 11.6 Å². The summed E-state index contributed by atoms with van der Waals surface area (Å²) in [6.07, 6.45) is 0.840. The number of benzene rings is 1. The van der Waals surface area contributed by atoms with Gasteiger partial charge in [-0.05, 0) is 30.7 Å². The maximum absolute atomic E-state index is 11.1. The maximum atomic E-state index is 11.1. The smallest absolute Gasteiger partial charge is 0.325 e. The topological polar surface area (TPSA) is 38.3 Å². The Labute approximate surface area is 94.4 Å². The van der Waals surface area contributed by atoms with Crippen molar-refractivity contribution in [1.29, 1.82) is 0 Å². The summed E-state index contributed by atoms with van der Waals surface area (Å²) in [5, 5.41) is 3.62. The highest BCUT2D eigenvalue weighted by Crippen LogP contribution is 2.12. The summed E-state index contributed by atoms with van der Waals surface area (Å²) in [6, 6.07) is 7.16. The SMILES string of the molecule is CCCOC(=O)CNc1ccc(Cl)cc1. The van der Waals surface area contributed by atoms with Crippen LogP contribution in [0.25, 0.3) is 0 Å². The lowest BCUT2D eigenvalue weighted by Crippen LogP contribution is -2.17. The summed E-state index contributed by atoms with van der Waals surface area (Å²) in [5.41, 5.74) is 0.854. The van der Waals surface area contributed by atoms with Crippen molar-refractivity contribution in [2.45, 2.75) is 13.3 Å². The molecule has 0 unspecified atom stereocenters. The van der Waals surface area contributed by atoms with Crippen molar-refractivity contribution in [1.82, 2.24) is 0 Å². The normalized spacial score (nSPS) is 9.73. The monoisotopic (exact) mass is 227 g/mol. The van der Waals surface area contributed by atoms with Gasteiger partial charge in [-0.1, -0.05) is 18.5 Å². The zero-order chi connectivity index (χ0) is 11.1. The van der Waals surface area contributed by atoms with Crippen molar-refractivity contribution >= 4 is 23.3 Å². The number of hydrogen-bond donors (Lipinski definition) is 1. The van der Waals surface area contributed by atoms with Gasteiger partial charge in [0.15, 0.2) is 0 Å². The molecule has 0 saturated heterocycles. The number of halogens is 1. The summed E-state index contributed by atoms with van der Waals surface area (Å²) in [5.74, 6) is -0.244. The Balaban J connectivity index is 2.30. The predicted octanol–water partition coefficient (Wildman–Crippen LogP) is 2.71. The van der Waals surface area contributed by atoms with E-state index in [0.717, 1.165) is 12.1 Å². The van der Waals surface area contributed by atoms with Crippen LogP contribution in [0.3, 0.4) is 0 Å². The van der Waals surface area contributed by atoms with Gasteiger partial charge < -0.3 is 10.1 Å². The molecule has 0 amide bonds. The predicted molar refractivity (Wildman–Crippen MR) is 61.2 cm³/mol. The molecule has 0 spiro atoms. The molecule has 0 aliphatic rings. The molecule has 1 aromatic carbocycles. The molecule has 1 N–H and O–H groups in total. The van der Waals surface area contributed by atoms with Gasteiger partial charge in [0.1, 0.15) is 6.54 Å². The first-order valence-electron chi connectivity index (χ1n) is 4.87. The average Bonchev–Trinajstić information content (AvgIpc) is 2.25. The standard InChI is InChI=1S/C11H14ClNO2/c1-2-7-15-11(14)8-13-10-5-3-9(12)4-6-10/h3-6,13H,2,7-8H2,1H3. The number of carbonyl (C=O) groups is 1. The molecule has 0 saturated carbocycles. The van der Waals surface area contributed by atoms with Gasteiger partial charge in [-0.25, -0.2) is 0 Å². The first-order valence-corrected chi connectivity index (χ1v) is 5.25. The lowest BCUT2D eigenvalue weighted by atomic mass is 10.3. The van der Waals surface area contributed by atoms with E-state index in [0.29, 0.717) is 11.6 Å². The summed E-state index contributed by atoms with van der Waals surface area (Å²) < 4.78 is 4.91. The van der Waals surface area contributed by atoms with Gasteiger partial charge >= 0.3 is 5.97 Å². The molecule has 0 fully saturated rings. The number of rotatable bonds is 5. The third kappa shape index (κ3) is 4.70. The molecule has 0 radical (unpaired) electrons. The molecule has 0 aromatic heterocycles. The van der Waals surface area contributed by atoms with Crippen molar-refractivity contribution in [2.75, 3.05) is 18.5 Å². The minimum Gasteiger partial charge on any atom is -0.464 e. The van der Waals surface area contributed by atoms with Gasteiger partial charge in [-0.3, -0.25) is 4.79 Å². The average molecular weight is 228 g/mol. The Bertz CT molecular complexity index is 311. The highest BCUT2D eigenvalue weighted by molar-refractivity contribution is 6.30. The van der Waals surface area contributed by atoms with Crippen LogP contribution in [0.5, 0.6) is 0 Å². The van der Waals surface area contributed by atoms with E-state index in [9.17, 15) is 4.79 Å². The fourth-order valence-corrected chi connectivity index (χ4v) is 1.13. The molecular weight excluding hydrogens is 214 g/mol. The van der Waals surface area contributed by atoms with Crippen LogP contribution in [0, 0.1) is 0 Å². The minimum atomic E-state index is -0.244. The van der Waals surface area contributed by atoms with Crippen LogP contribution in [0.1, 0.15) is 13.3 Å². The van der Waals surface area contributed by atoms with Crippen LogP contribution < -0.4 is 5.32 Å². The molecular formula is C11H14ClNO2. The number of esters is 1. The van der Waals surface area contributed by atoms with Gasteiger partial charge in [0.05, 0.1) is 6.61 Å². The Morgan fingerprint density at radius 3 is 2.67 bits per heavy atom. The first kappa shape index (κ1) is 11.9. The highest BCUT2D eigenvalue weighted by atomic mass is 35.5. The number of anilines is 1. The molecule has 4 heteroatoms. The number of ether oxygens (including phenoxy) is 1. The second kappa shape index (κ2) is 6.30. The lowest BCUT2D eigenvalue weighted by molar-refractivity contribution is -0.141. The minimum absolute atomic E-state index is 0.182. The summed E-state index contributed by atoms with van der Waals surface area (Å²) >= 11 is 5.72. The molecule has 0 aliphatic heterocycles. The second-order valence-corrected chi connectivity index (χ2v) is 3.52. The first-order chi connectivity index (χ1) is 7.22. The fraction of sp³-hybridized carbons (Fsp3) is 0.364. The van der Waals surface area contributed by atoms with Crippen LogP contribution in [-0.4, -0.2) is 19.1 Å². The third-order valence-electron chi connectivity index (χ3n) is 1.75. The van der Waals surface area contributed by atoms with Crippen LogP contribution in [0.2, 0.25) is 5.02 Å². The van der Waals surface area contributed by atoms with Crippen LogP contribution in [-0.2, 0) is 9.53 Å². The van der Waals surface area contributed by atoms with Gasteiger partial charge in [0.25, 0.3) is 0 Å². The number of hydrogen-bond acceptors (Lipinski definition) is 3. The molecule has 1 rings (SSSR count). The van der Waals surface area contributed by atoms with Crippen molar-refractivity contribution in [3.05, 3.63) is 29.3 Å². The number of nitrogens with one attached hydrogen (secondary N) is 1. The lowest BCUT2D eigenvalue weighted by Gasteiger charge is -2.06. The van der Waals surface area contributed by atoms with E-state index < -0.39 is 0 Å². The van der Waals surface area contributed by atoms with E-state index in [1.54, 1.807) is 12.1 Å². The summed E-state index contributed by atoms with van der Waals surface area (Å²) in [7, 11) is 0. The Hall–Kier alpha value is -1.22. The fourth-order valence-electron chi connectivity index (χ4n) is 1.01. The quantitative estimate of drug-likeness (QED) is 0.786. The highest BCUT2D eigenvalue weighted by Gasteiger charge is 2.01. The molecule has 0 aliphatic carbocycles. The Morgan fingerprint density at radius 1 is 1.40 bits per heavy atom. The molecule has 82 valence electrons. The van der Waals surface area contributed by atoms with E-state index in [2.05, 4.69) is 5.32 Å². The van der Waals surface area contributed by atoms with Crippen molar-refractivity contribution in [2.24, 2.45) is 0 Å². The molecule has 0 bridgehead atoms. The van der Waals surface area contributed by atoms with Crippen molar-refractivity contribution < 1.29 is 9.53 Å². The zero-order valence-electron chi connectivity index (χ0n) is 8.63. The number of carbonyl (C=O) groups excluding carboxylic acids is 1. The van der Waals surface area contributed by atoms with Gasteiger partial charge in [-0.2, -0.15) is 0 Å². The van der Waals surface area contributed by atoms with E-state index in [-0.39, 0.29) is 12.5 Å². The van der Waals surface area contributed by atoms with E-state index >= 15 is 0 Å². The third-order valence-corrected chi connectivity index (χ3v) is 2.00. The molecule has 1 aromatic rings. The van der Waals surface area contributed by atoms with Crippen molar-refractivity contribution in [3.8, 4) is 0 Å². The molecule has 3 nitrogen and oxygen atoms in total. The zero-order valence-corrected chi connectivity index (χ0v) is 9.38. The summed E-state index contributed by atoms with van der Waals surface area (Å²) in [6.45, 7) is 2.61. The largest absolute Gasteiger partial charge is 0.464 e. The van der Waals surface area contributed by atoms with E-state index in [1.165, 1.54) is 0 Å². The second-order valence-electron chi connectivity index (χ2n) is 3.08. The maximum Gasteiger partial charge on any atom is 0.325 e. The van der Waals surface area contributed by atoms with Gasteiger partial charge in [0.2, 0.25) is 0 Å². The van der Waals surface area contributed by atoms with Crippen LogP contribution in [0.15, 0.2) is 24.3 Å². The molecule has 15 heavy (non-hydrogen) atoms. The van der Waals surface area contributed by atoms with E-state index in [4.69, 9.17) is 16.3 Å². The summed E-state index contributed by atoms with van der Waals surface area (Å²) in [4.78, 5) is 11.1. The molecule has 0 atom stereocenters. The molecule has 0 heterocycles. The van der Waals surface area contributed by atoms with Gasteiger partial charge in [-0.15, -0.1) is 0 Å².